The number of nitrogens with zero attached hydrogens (tertiary/aromatic N) is 2. The Hall–Kier alpha value is -3.99. The van der Waals surface area contributed by atoms with Gasteiger partial charge in [-0.1, -0.05) is 60.7 Å². The van der Waals surface area contributed by atoms with Crippen molar-refractivity contribution < 1.29 is 4.79 Å². The van der Waals surface area contributed by atoms with Crippen molar-refractivity contribution in [3.63, 3.8) is 0 Å². The van der Waals surface area contributed by atoms with Gasteiger partial charge < -0.3 is 10.6 Å². The molecule has 0 aliphatic carbocycles. The second kappa shape index (κ2) is 9.01. The number of nitrogens with one attached hydrogen (secondary N) is 2. The van der Waals surface area contributed by atoms with Crippen LogP contribution in [-0.2, 0) is 4.79 Å². The number of hydrogen-bond donors (Lipinski definition) is 2. The summed E-state index contributed by atoms with van der Waals surface area (Å²) in [7, 11) is 0. The average Bonchev–Trinajstić information content (AvgIpc) is 2.77. The van der Waals surface area contributed by atoms with Gasteiger partial charge in [0.05, 0.1) is 5.92 Å². The summed E-state index contributed by atoms with van der Waals surface area (Å²) in [6.07, 6.45) is 1.53. The van der Waals surface area contributed by atoms with Gasteiger partial charge in [0.25, 0.3) is 0 Å². The van der Waals surface area contributed by atoms with Crippen molar-refractivity contribution in [3.05, 3.63) is 114 Å². The highest BCUT2D eigenvalue weighted by Crippen LogP contribution is 2.27. The van der Waals surface area contributed by atoms with E-state index in [1.54, 1.807) is 0 Å². The molecule has 1 aromatic heterocycles. The first-order valence-corrected chi connectivity index (χ1v) is 9.75. The topological polar surface area (TPSA) is 66.9 Å². The van der Waals surface area contributed by atoms with Crippen molar-refractivity contribution in [1.82, 2.24) is 9.97 Å². The highest BCUT2D eigenvalue weighted by atomic mass is 16.1. The lowest BCUT2D eigenvalue weighted by atomic mass is 9.90. The molecule has 5 heteroatoms. The number of carbonyl (C=O) groups excluding carboxylic acids is 1. The van der Waals surface area contributed by atoms with Crippen molar-refractivity contribution in [2.24, 2.45) is 0 Å². The van der Waals surface area contributed by atoms with Crippen molar-refractivity contribution in [3.8, 4) is 0 Å². The molecule has 30 heavy (non-hydrogen) atoms. The summed E-state index contributed by atoms with van der Waals surface area (Å²) in [6.45, 7) is 1.92. The van der Waals surface area contributed by atoms with Crippen LogP contribution in [0.1, 0.15) is 22.7 Å². The second-order valence-electron chi connectivity index (χ2n) is 6.99. The number of hydrogen-bond acceptors (Lipinski definition) is 4. The van der Waals surface area contributed by atoms with Gasteiger partial charge in [-0.15, -0.1) is 0 Å². The maximum atomic E-state index is 13.2. The molecule has 0 unspecified atom stereocenters. The third-order valence-corrected chi connectivity index (χ3v) is 4.76. The van der Waals surface area contributed by atoms with E-state index in [-0.39, 0.29) is 11.8 Å². The number of amides is 1. The number of carbonyl (C=O) groups is 1. The molecule has 0 fully saturated rings. The van der Waals surface area contributed by atoms with Crippen LogP contribution >= 0.6 is 0 Å². The monoisotopic (exact) mass is 394 g/mol. The predicted molar refractivity (Wildman–Crippen MR) is 120 cm³/mol. The Morgan fingerprint density at radius 2 is 1.33 bits per heavy atom. The maximum absolute atomic E-state index is 13.2. The smallest absolute Gasteiger partial charge is 0.236 e. The Bertz CT molecular complexity index is 1070. The number of aryl methyl sites for hydroxylation is 1. The molecule has 0 bridgehead atoms. The largest absolute Gasteiger partial charge is 0.340 e. The molecule has 4 rings (SSSR count). The molecular weight excluding hydrogens is 372 g/mol. The fourth-order valence-corrected chi connectivity index (χ4v) is 3.31. The van der Waals surface area contributed by atoms with Gasteiger partial charge in [-0.25, -0.2) is 9.97 Å². The van der Waals surface area contributed by atoms with Crippen LogP contribution < -0.4 is 10.6 Å². The molecule has 1 amide bonds. The van der Waals surface area contributed by atoms with Crippen molar-refractivity contribution >= 4 is 23.1 Å². The first-order chi connectivity index (χ1) is 14.7. The van der Waals surface area contributed by atoms with Crippen molar-refractivity contribution in [1.29, 1.82) is 0 Å². The van der Waals surface area contributed by atoms with Crippen molar-refractivity contribution in [2.75, 3.05) is 10.6 Å². The van der Waals surface area contributed by atoms with Gasteiger partial charge >= 0.3 is 0 Å². The first kappa shape index (κ1) is 19.3. The molecule has 1 heterocycles. The van der Waals surface area contributed by atoms with Crippen LogP contribution in [0.3, 0.4) is 0 Å². The summed E-state index contributed by atoms with van der Waals surface area (Å²) >= 11 is 0. The molecule has 0 aliphatic heterocycles. The minimum absolute atomic E-state index is 0.0699. The number of benzene rings is 3. The average molecular weight is 394 g/mol. The molecule has 4 aromatic rings. The first-order valence-electron chi connectivity index (χ1n) is 9.75. The van der Waals surface area contributed by atoms with Gasteiger partial charge in [0.1, 0.15) is 12.1 Å². The number of anilines is 3. The summed E-state index contributed by atoms with van der Waals surface area (Å²) in [4.78, 5) is 21.5. The van der Waals surface area contributed by atoms with E-state index in [1.807, 2.05) is 97.9 Å². The third-order valence-electron chi connectivity index (χ3n) is 4.76. The standard InChI is InChI=1S/C25H22N4O/c1-18-16-23(27-17-26-18)28-21-12-14-22(15-13-21)29-25(30)24(19-8-4-2-5-9-19)20-10-6-3-7-11-20/h2-17,24H,1H3,(H,29,30)(H,26,27,28). The van der Waals surface area contributed by atoms with E-state index in [9.17, 15) is 4.79 Å². The zero-order chi connectivity index (χ0) is 20.8. The number of rotatable bonds is 6. The van der Waals surface area contributed by atoms with Crippen LogP contribution in [-0.4, -0.2) is 15.9 Å². The molecule has 0 radical (unpaired) electrons. The molecule has 148 valence electrons. The zero-order valence-corrected chi connectivity index (χ0v) is 16.6. The molecule has 0 aliphatic rings. The quantitative estimate of drug-likeness (QED) is 0.466. The second-order valence-corrected chi connectivity index (χ2v) is 6.99. The van der Waals surface area contributed by atoms with E-state index in [0.717, 1.165) is 34.0 Å². The van der Waals surface area contributed by atoms with Gasteiger partial charge in [0.2, 0.25) is 5.91 Å². The summed E-state index contributed by atoms with van der Waals surface area (Å²) in [5.74, 6) is 0.279. The number of aromatic nitrogens is 2. The fraction of sp³-hybridized carbons (Fsp3) is 0.0800. The highest BCUT2D eigenvalue weighted by Gasteiger charge is 2.22. The van der Waals surface area contributed by atoms with E-state index in [4.69, 9.17) is 0 Å². The lowest BCUT2D eigenvalue weighted by molar-refractivity contribution is -0.116. The van der Waals surface area contributed by atoms with Gasteiger partial charge in [-0.3, -0.25) is 4.79 Å². The molecule has 0 spiro atoms. The van der Waals surface area contributed by atoms with Gasteiger partial charge in [-0.05, 0) is 42.3 Å². The molecule has 2 N–H and O–H groups in total. The summed E-state index contributed by atoms with van der Waals surface area (Å²) in [5.41, 5.74) is 4.43. The van der Waals surface area contributed by atoms with Crippen LogP contribution in [0.15, 0.2) is 97.3 Å². The summed E-state index contributed by atoms with van der Waals surface area (Å²) in [6, 6.07) is 29.1. The van der Waals surface area contributed by atoms with Crippen LogP contribution in [0.5, 0.6) is 0 Å². The lowest BCUT2D eigenvalue weighted by Crippen LogP contribution is -2.22. The van der Waals surface area contributed by atoms with Crippen LogP contribution in [0, 0.1) is 6.92 Å². The molecule has 0 atom stereocenters. The summed E-state index contributed by atoms with van der Waals surface area (Å²) in [5, 5.41) is 6.28. The Morgan fingerprint density at radius 3 is 1.90 bits per heavy atom. The highest BCUT2D eigenvalue weighted by molar-refractivity contribution is 5.98. The molecule has 5 nitrogen and oxygen atoms in total. The van der Waals surface area contributed by atoms with E-state index in [2.05, 4.69) is 20.6 Å². The molecule has 0 saturated heterocycles. The molecular formula is C25H22N4O. The maximum Gasteiger partial charge on any atom is 0.236 e. The summed E-state index contributed by atoms with van der Waals surface area (Å²) < 4.78 is 0. The van der Waals surface area contributed by atoms with Crippen LogP contribution in [0.4, 0.5) is 17.2 Å². The minimum Gasteiger partial charge on any atom is -0.340 e. The van der Waals surface area contributed by atoms with Crippen LogP contribution in [0.2, 0.25) is 0 Å². The molecule has 3 aromatic carbocycles. The molecule has 0 saturated carbocycles. The SMILES string of the molecule is Cc1cc(Nc2ccc(NC(=O)C(c3ccccc3)c3ccccc3)cc2)ncn1. The Labute approximate surface area is 175 Å². The van der Waals surface area contributed by atoms with E-state index < -0.39 is 0 Å². The Kier molecular flexibility index (Phi) is 5.80. The van der Waals surface area contributed by atoms with E-state index in [0.29, 0.717) is 0 Å². The lowest BCUT2D eigenvalue weighted by Gasteiger charge is -2.18. The Balaban J connectivity index is 1.51. The van der Waals surface area contributed by atoms with Crippen LogP contribution in [0.25, 0.3) is 0 Å². The predicted octanol–water partition coefficient (Wildman–Crippen LogP) is 5.30. The van der Waals surface area contributed by atoms with E-state index >= 15 is 0 Å². The normalized spacial score (nSPS) is 10.6. The fourth-order valence-electron chi connectivity index (χ4n) is 3.31. The third kappa shape index (κ3) is 4.70. The van der Waals surface area contributed by atoms with E-state index in [1.165, 1.54) is 6.33 Å². The van der Waals surface area contributed by atoms with Gasteiger partial charge in [-0.2, -0.15) is 0 Å². The van der Waals surface area contributed by atoms with Crippen molar-refractivity contribution in [2.45, 2.75) is 12.8 Å². The zero-order valence-electron chi connectivity index (χ0n) is 16.6. The Morgan fingerprint density at radius 1 is 0.767 bits per heavy atom. The van der Waals surface area contributed by atoms with Gasteiger partial charge in [0.15, 0.2) is 0 Å². The minimum atomic E-state index is -0.380. The van der Waals surface area contributed by atoms with Gasteiger partial charge in [0, 0.05) is 23.1 Å².